The molecule has 0 aromatic heterocycles. The number of para-hydroxylation sites is 1. The average Bonchev–Trinajstić information content (AvgIpc) is 2.54. The summed E-state index contributed by atoms with van der Waals surface area (Å²) in [4.78, 5) is 1.96. The lowest BCUT2D eigenvalue weighted by molar-refractivity contribution is 0.372. The normalized spacial score (nSPS) is 13.2. The molecule has 0 amide bonds. The summed E-state index contributed by atoms with van der Waals surface area (Å²) in [5.41, 5.74) is 2.05. The van der Waals surface area contributed by atoms with E-state index in [9.17, 15) is 5.11 Å². The number of nitrogens with one attached hydrogen (secondary N) is 1. The Labute approximate surface area is 137 Å². The first-order chi connectivity index (χ1) is 10.5. The first kappa shape index (κ1) is 16.3. The molecular formula is C18H22N2OS. The molecule has 2 N–H and O–H groups in total. The van der Waals surface area contributed by atoms with Crippen LogP contribution in [0, 0.1) is 0 Å². The summed E-state index contributed by atoms with van der Waals surface area (Å²) in [7, 11) is 1.93. The summed E-state index contributed by atoms with van der Waals surface area (Å²) < 4.78 is 0. The Hall–Kier alpha value is -2.07. The molecule has 0 aliphatic heterocycles. The van der Waals surface area contributed by atoms with Gasteiger partial charge in [0.15, 0.2) is 5.11 Å². The van der Waals surface area contributed by atoms with E-state index in [4.69, 9.17) is 12.2 Å². The van der Waals surface area contributed by atoms with E-state index in [1.165, 1.54) is 5.56 Å². The van der Waals surface area contributed by atoms with Crippen LogP contribution in [0.2, 0.25) is 0 Å². The quantitative estimate of drug-likeness (QED) is 0.836. The molecule has 116 valence electrons. The van der Waals surface area contributed by atoms with Crippen LogP contribution in [0.3, 0.4) is 0 Å². The zero-order valence-corrected chi connectivity index (χ0v) is 14.0. The van der Waals surface area contributed by atoms with Crippen LogP contribution in [0.25, 0.3) is 0 Å². The highest BCUT2D eigenvalue weighted by atomic mass is 32.1. The van der Waals surface area contributed by atoms with E-state index in [0.717, 1.165) is 5.56 Å². The van der Waals surface area contributed by atoms with Crippen LogP contribution in [0.4, 0.5) is 0 Å². The van der Waals surface area contributed by atoms with Crippen molar-refractivity contribution in [2.75, 3.05) is 7.05 Å². The summed E-state index contributed by atoms with van der Waals surface area (Å²) in [6.45, 7) is 4.11. The van der Waals surface area contributed by atoms with Gasteiger partial charge in [-0.3, -0.25) is 0 Å². The van der Waals surface area contributed by atoms with Gasteiger partial charge < -0.3 is 15.3 Å². The maximum atomic E-state index is 9.98. The van der Waals surface area contributed by atoms with Gasteiger partial charge in [-0.25, -0.2) is 0 Å². The lowest BCUT2D eigenvalue weighted by Crippen LogP contribution is -2.39. The van der Waals surface area contributed by atoms with E-state index in [-0.39, 0.29) is 12.1 Å². The van der Waals surface area contributed by atoms with E-state index in [1.807, 2.05) is 55.3 Å². The largest absolute Gasteiger partial charge is 0.508 e. The lowest BCUT2D eigenvalue weighted by atomic mass is 10.1. The van der Waals surface area contributed by atoms with E-state index in [2.05, 4.69) is 24.4 Å². The number of thiocarbonyl (C=S) groups is 1. The predicted molar refractivity (Wildman–Crippen MR) is 94.9 cm³/mol. The zero-order chi connectivity index (χ0) is 16.1. The third-order valence-electron chi connectivity index (χ3n) is 3.93. The molecule has 2 atom stereocenters. The van der Waals surface area contributed by atoms with Crippen molar-refractivity contribution in [3.63, 3.8) is 0 Å². The van der Waals surface area contributed by atoms with Crippen LogP contribution in [0.1, 0.15) is 37.1 Å². The number of benzene rings is 2. The highest BCUT2D eigenvalue weighted by Crippen LogP contribution is 2.27. The highest BCUT2D eigenvalue weighted by Gasteiger charge is 2.18. The average molecular weight is 314 g/mol. The number of phenolic OH excluding ortho intramolecular Hbond substituents is 1. The van der Waals surface area contributed by atoms with Gasteiger partial charge in [-0.05, 0) is 37.7 Å². The summed E-state index contributed by atoms with van der Waals surface area (Å²) in [6, 6.07) is 17.7. The lowest BCUT2D eigenvalue weighted by Gasteiger charge is -2.30. The molecule has 0 fully saturated rings. The Kier molecular flexibility index (Phi) is 5.39. The molecule has 0 saturated heterocycles. The van der Waals surface area contributed by atoms with Crippen LogP contribution in [-0.4, -0.2) is 22.2 Å². The van der Waals surface area contributed by atoms with Gasteiger partial charge in [0.25, 0.3) is 0 Å². The molecular weight excluding hydrogens is 292 g/mol. The third-order valence-corrected chi connectivity index (χ3v) is 4.33. The molecule has 0 heterocycles. The third kappa shape index (κ3) is 3.77. The van der Waals surface area contributed by atoms with Crippen molar-refractivity contribution in [1.29, 1.82) is 0 Å². The monoisotopic (exact) mass is 314 g/mol. The molecule has 0 radical (unpaired) electrons. The fraction of sp³-hybridized carbons (Fsp3) is 0.278. The topological polar surface area (TPSA) is 35.5 Å². The first-order valence-corrected chi connectivity index (χ1v) is 7.77. The number of phenols is 1. The van der Waals surface area contributed by atoms with Gasteiger partial charge in [-0.1, -0.05) is 48.5 Å². The van der Waals surface area contributed by atoms with E-state index >= 15 is 0 Å². The van der Waals surface area contributed by atoms with Gasteiger partial charge in [0.2, 0.25) is 0 Å². The van der Waals surface area contributed by atoms with Crippen molar-refractivity contribution < 1.29 is 5.11 Å². The number of aromatic hydroxyl groups is 1. The molecule has 2 rings (SSSR count). The minimum absolute atomic E-state index is 0.0100. The number of rotatable bonds is 4. The summed E-state index contributed by atoms with van der Waals surface area (Å²) in [5.74, 6) is 0.292. The molecule has 2 aromatic carbocycles. The second kappa shape index (κ2) is 7.27. The van der Waals surface area contributed by atoms with E-state index < -0.39 is 0 Å². The molecule has 2 aromatic rings. The van der Waals surface area contributed by atoms with Crippen molar-refractivity contribution in [2.24, 2.45) is 0 Å². The minimum Gasteiger partial charge on any atom is -0.508 e. The smallest absolute Gasteiger partial charge is 0.169 e. The predicted octanol–water partition coefficient (Wildman–Crippen LogP) is 4.02. The maximum Gasteiger partial charge on any atom is 0.169 e. The molecule has 0 aliphatic rings. The van der Waals surface area contributed by atoms with Crippen LogP contribution in [-0.2, 0) is 0 Å². The summed E-state index contributed by atoms with van der Waals surface area (Å²) >= 11 is 5.51. The van der Waals surface area contributed by atoms with E-state index in [0.29, 0.717) is 10.9 Å². The number of nitrogens with zero attached hydrogens (tertiary/aromatic N) is 1. The van der Waals surface area contributed by atoms with Gasteiger partial charge in [0.05, 0.1) is 12.1 Å². The Morgan fingerprint density at radius 1 is 1.05 bits per heavy atom. The van der Waals surface area contributed by atoms with Crippen molar-refractivity contribution >= 4 is 17.3 Å². The minimum atomic E-state index is -0.0100. The van der Waals surface area contributed by atoms with Gasteiger partial charge in [0, 0.05) is 12.6 Å². The van der Waals surface area contributed by atoms with E-state index in [1.54, 1.807) is 6.07 Å². The van der Waals surface area contributed by atoms with Crippen LogP contribution in [0.5, 0.6) is 5.75 Å². The fourth-order valence-corrected chi connectivity index (χ4v) is 2.67. The number of hydrogen-bond donors (Lipinski definition) is 2. The molecule has 22 heavy (non-hydrogen) atoms. The van der Waals surface area contributed by atoms with Gasteiger partial charge in [-0.2, -0.15) is 0 Å². The highest BCUT2D eigenvalue weighted by molar-refractivity contribution is 7.80. The molecule has 0 bridgehead atoms. The zero-order valence-electron chi connectivity index (χ0n) is 13.2. The maximum absolute atomic E-state index is 9.98. The van der Waals surface area contributed by atoms with Crippen molar-refractivity contribution in [3.8, 4) is 5.75 Å². The Morgan fingerprint density at radius 3 is 2.27 bits per heavy atom. The summed E-state index contributed by atoms with van der Waals surface area (Å²) in [6.07, 6.45) is 0. The SMILES string of the molecule is C[C@H](NC(=S)N(C)[C@@H](C)c1ccccc1O)c1ccccc1. The second-order valence-corrected chi connectivity index (χ2v) is 5.81. The van der Waals surface area contributed by atoms with Crippen molar-refractivity contribution in [2.45, 2.75) is 25.9 Å². The molecule has 3 nitrogen and oxygen atoms in total. The Morgan fingerprint density at radius 2 is 1.64 bits per heavy atom. The van der Waals surface area contributed by atoms with Crippen molar-refractivity contribution in [3.05, 3.63) is 65.7 Å². The Balaban J connectivity index is 2.04. The molecule has 0 aliphatic carbocycles. The van der Waals surface area contributed by atoms with Crippen LogP contribution in [0.15, 0.2) is 54.6 Å². The first-order valence-electron chi connectivity index (χ1n) is 7.37. The van der Waals surface area contributed by atoms with Gasteiger partial charge in [0.1, 0.15) is 5.75 Å². The van der Waals surface area contributed by atoms with Gasteiger partial charge >= 0.3 is 0 Å². The number of hydrogen-bond acceptors (Lipinski definition) is 2. The molecule has 0 unspecified atom stereocenters. The second-order valence-electron chi connectivity index (χ2n) is 5.43. The van der Waals surface area contributed by atoms with Crippen molar-refractivity contribution in [1.82, 2.24) is 10.2 Å². The molecule has 4 heteroatoms. The Bertz CT molecular complexity index is 630. The fourth-order valence-electron chi connectivity index (χ4n) is 2.34. The molecule has 0 spiro atoms. The molecule has 0 saturated carbocycles. The summed E-state index contributed by atoms with van der Waals surface area (Å²) in [5, 5.41) is 14.0. The van der Waals surface area contributed by atoms with Gasteiger partial charge in [-0.15, -0.1) is 0 Å². The standard InChI is InChI=1S/C18H22N2OS/c1-13(15-9-5-4-6-10-15)19-18(22)20(3)14(2)16-11-7-8-12-17(16)21/h4-14,21H,1-3H3,(H,19,22)/t13-,14-/m0/s1. The van der Waals surface area contributed by atoms with Crippen LogP contribution < -0.4 is 5.32 Å². The van der Waals surface area contributed by atoms with Crippen LogP contribution >= 0.6 is 12.2 Å².